The lowest BCUT2D eigenvalue weighted by atomic mass is 10.2. The molecule has 0 aromatic carbocycles. The van der Waals surface area contributed by atoms with E-state index in [9.17, 15) is 5.11 Å². The highest BCUT2D eigenvalue weighted by molar-refractivity contribution is 9.10. The second-order valence-corrected chi connectivity index (χ2v) is 3.95. The van der Waals surface area contributed by atoms with E-state index in [4.69, 9.17) is 0 Å². The topological polar surface area (TPSA) is 38.0 Å². The molecule has 0 amide bonds. The molecule has 3 nitrogen and oxygen atoms in total. The van der Waals surface area contributed by atoms with Gasteiger partial charge in [0, 0.05) is 12.1 Å². The van der Waals surface area contributed by atoms with E-state index in [2.05, 4.69) is 21.0 Å². The number of aryl methyl sites for hydroxylation is 1. The molecule has 0 spiro atoms. The minimum Gasteiger partial charge on any atom is -0.385 e. The number of hydrogen-bond acceptors (Lipinski definition) is 2. The molecule has 12 heavy (non-hydrogen) atoms. The summed E-state index contributed by atoms with van der Waals surface area (Å²) in [6, 6.07) is 0. The highest BCUT2D eigenvalue weighted by atomic mass is 79.9. The van der Waals surface area contributed by atoms with Crippen LogP contribution in [0.2, 0.25) is 0 Å². The zero-order valence-electron chi connectivity index (χ0n) is 6.92. The van der Waals surface area contributed by atoms with E-state index in [0.717, 1.165) is 29.6 Å². The minimum absolute atomic E-state index is 0.577. The minimum atomic E-state index is -0.577. The molecule has 1 N–H and O–H groups in total. The van der Waals surface area contributed by atoms with E-state index in [-0.39, 0.29) is 0 Å². The normalized spacial score (nSPS) is 19.6. The molecular weight excluding hydrogens is 220 g/mol. The standard InChI is InChI=1S/C8H11BrN2O/c1-2-11-7(9)6(5-10-11)8(12)3-4-8/h5,12H,2-4H2,1H3. The maximum atomic E-state index is 9.81. The number of halogens is 1. The first-order chi connectivity index (χ1) is 5.67. The summed E-state index contributed by atoms with van der Waals surface area (Å²) in [5.41, 5.74) is 0.357. The van der Waals surface area contributed by atoms with Crippen LogP contribution >= 0.6 is 15.9 Å². The molecule has 1 saturated carbocycles. The Morgan fingerprint density at radius 1 is 1.75 bits per heavy atom. The molecule has 1 heterocycles. The van der Waals surface area contributed by atoms with Gasteiger partial charge in [0.1, 0.15) is 4.60 Å². The average molecular weight is 231 g/mol. The van der Waals surface area contributed by atoms with E-state index in [1.165, 1.54) is 0 Å². The van der Waals surface area contributed by atoms with Crippen molar-refractivity contribution >= 4 is 15.9 Å². The van der Waals surface area contributed by atoms with E-state index in [0.29, 0.717) is 0 Å². The molecule has 0 aliphatic heterocycles. The Labute approximate surface area is 79.5 Å². The SMILES string of the molecule is CCn1ncc(C2(O)CC2)c1Br. The summed E-state index contributed by atoms with van der Waals surface area (Å²) in [7, 11) is 0. The van der Waals surface area contributed by atoms with Crippen LogP contribution in [0, 0.1) is 0 Å². The molecule has 2 rings (SSSR count). The molecule has 0 radical (unpaired) electrons. The van der Waals surface area contributed by atoms with E-state index in [1.54, 1.807) is 6.20 Å². The zero-order chi connectivity index (χ0) is 8.77. The molecule has 1 aromatic rings. The van der Waals surface area contributed by atoms with E-state index >= 15 is 0 Å². The van der Waals surface area contributed by atoms with Gasteiger partial charge in [-0.1, -0.05) is 0 Å². The van der Waals surface area contributed by atoms with Crippen molar-refractivity contribution in [3.63, 3.8) is 0 Å². The Hall–Kier alpha value is -0.350. The van der Waals surface area contributed by atoms with Crippen molar-refractivity contribution in [2.75, 3.05) is 0 Å². The first-order valence-electron chi connectivity index (χ1n) is 4.11. The number of hydrogen-bond donors (Lipinski definition) is 1. The Morgan fingerprint density at radius 2 is 2.42 bits per heavy atom. The van der Waals surface area contributed by atoms with Gasteiger partial charge in [-0.15, -0.1) is 0 Å². The summed E-state index contributed by atoms with van der Waals surface area (Å²) in [6.07, 6.45) is 3.47. The number of aromatic nitrogens is 2. The third-order valence-electron chi connectivity index (χ3n) is 2.30. The fourth-order valence-corrected chi connectivity index (χ4v) is 2.10. The molecular formula is C8H11BrN2O. The van der Waals surface area contributed by atoms with Gasteiger partial charge in [-0.05, 0) is 35.7 Å². The van der Waals surface area contributed by atoms with Gasteiger partial charge in [0.05, 0.1) is 11.8 Å². The maximum Gasteiger partial charge on any atom is 0.110 e. The third-order valence-corrected chi connectivity index (χ3v) is 3.14. The van der Waals surface area contributed by atoms with Gasteiger partial charge in [0.15, 0.2) is 0 Å². The van der Waals surface area contributed by atoms with Crippen molar-refractivity contribution in [1.82, 2.24) is 9.78 Å². The van der Waals surface area contributed by atoms with Crippen LogP contribution in [0.25, 0.3) is 0 Å². The summed E-state index contributed by atoms with van der Waals surface area (Å²) < 4.78 is 2.76. The van der Waals surface area contributed by atoms with Crippen molar-refractivity contribution in [2.24, 2.45) is 0 Å². The van der Waals surface area contributed by atoms with Crippen molar-refractivity contribution in [2.45, 2.75) is 31.9 Å². The molecule has 0 atom stereocenters. The van der Waals surface area contributed by atoms with Crippen molar-refractivity contribution < 1.29 is 5.11 Å². The Bertz CT molecular complexity index is 304. The lowest BCUT2D eigenvalue weighted by Crippen LogP contribution is -2.04. The monoisotopic (exact) mass is 230 g/mol. The second kappa shape index (κ2) is 2.57. The Morgan fingerprint density at radius 3 is 2.83 bits per heavy atom. The van der Waals surface area contributed by atoms with Crippen LogP contribution < -0.4 is 0 Å². The summed E-state index contributed by atoms with van der Waals surface area (Å²) >= 11 is 3.43. The van der Waals surface area contributed by atoms with Crippen LogP contribution in [0.15, 0.2) is 10.8 Å². The van der Waals surface area contributed by atoms with Crippen LogP contribution in [-0.2, 0) is 12.1 Å². The van der Waals surface area contributed by atoms with Crippen LogP contribution in [0.1, 0.15) is 25.3 Å². The van der Waals surface area contributed by atoms with Gasteiger partial charge in [0.25, 0.3) is 0 Å². The summed E-state index contributed by atoms with van der Waals surface area (Å²) in [5, 5.41) is 14.0. The maximum absolute atomic E-state index is 9.81. The number of aliphatic hydroxyl groups is 1. The smallest absolute Gasteiger partial charge is 0.110 e. The molecule has 1 aliphatic rings. The largest absolute Gasteiger partial charge is 0.385 e. The van der Waals surface area contributed by atoms with Gasteiger partial charge in [-0.2, -0.15) is 5.10 Å². The van der Waals surface area contributed by atoms with Crippen molar-refractivity contribution in [3.05, 3.63) is 16.4 Å². The highest BCUT2D eigenvalue weighted by Crippen LogP contribution is 2.47. The zero-order valence-corrected chi connectivity index (χ0v) is 8.50. The van der Waals surface area contributed by atoms with Gasteiger partial charge < -0.3 is 5.11 Å². The lowest BCUT2D eigenvalue weighted by molar-refractivity contribution is 0.150. The quantitative estimate of drug-likeness (QED) is 0.840. The Kier molecular flexibility index (Phi) is 1.77. The summed E-state index contributed by atoms with van der Waals surface area (Å²) in [6.45, 7) is 2.86. The van der Waals surface area contributed by atoms with Crippen LogP contribution in [0.5, 0.6) is 0 Å². The summed E-state index contributed by atoms with van der Waals surface area (Å²) in [4.78, 5) is 0. The lowest BCUT2D eigenvalue weighted by Gasteiger charge is -2.05. The van der Waals surface area contributed by atoms with Crippen LogP contribution in [0.3, 0.4) is 0 Å². The fraction of sp³-hybridized carbons (Fsp3) is 0.625. The van der Waals surface area contributed by atoms with Gasteiger partial charge in [0.2, 0.25) is 0 Å². The average Bonchev–Trinajstić information content (AvgIpc) is 2.65. The van der Waals surface area contributed by atoms with E-state index < -0.39 is 5.60 Å². The van der Waals surface area contributed by atoms with Crippen molar-refractivity contribution in [1.29, 1.82) is 0 Å². The number of rotatable bonds is 2. The van der Waals surface area contributed by atoms with Crippen LogP contribution in [-0.4, -0.2) is 14.9 Å². The van der Waals surface area contributed by atoms with Crippen molar-refractivity contribution in [3.8, 4) is 0 Å². The summed E-state index contributed by atoms with van der Waals surface area (Å²) in [5.74, 6) is 0. The first-order valence-corrected chi connectivity index (χ1v) is 4.91. The molecule has 66 valence electrons. The van der Waals surface area contributed by atoms with Gasteiger partial charge in [-0.25, -0.2) is 0 Å². The second-order valence-electron chi connectivity index (χ2n) is 3.20. The predicted octanol–water partition coefficient (Wildman–Crippen LogP) is 1.65. The first kappa shape index (κ1) is 8.26. The molecule has 1 aliphatic carbocycles. The van der Waals surface area contributed by atoms with Gasteiger partial charge in [-0.3, -0.25) is 4.68 Å². The highest BCUT2D eigenvalue weighted by Gasteiger charge is 2.44. The Balaban J connectivity index is 2.39. The molecule has 1 aromatic heterocycles. The molecule has 4 heteroatoms. The fourth-order valence-electron chi connectivity index (χ4n) is 1.29. The molecule has 1 fully saturated rings. The molecule has 0 bridgehead atoms. The third kappa shape index (κ3) is 1.10. The number of nitrogens with zero attached hydrogens (tertiary/aromatic N) is 2. The predicted molar refractivity (Wildman–Crippen MR) is 48.7 cm³/mol. The molecule has 0 saturated heterocycles. The van der Waals surface area contributed by atoms with Gasteiger partial charge >= 0.3 is 0 Å². The molecule has 0 unspecified atom stereocenters. The van der Waals surface area contributed by atoms with E-state index in [1.807, 2.05) is 11.6 Å². The van der Waals surface area contributed by atoms with Crippen LogP contribution in [0.4, 0.5) is 0 Å².